The van der Waals surface area contributed by atoms with Crippen molar-refractivity contribution in [1.29, 1.82) is 0 Å². The molecule has 0 radical (unpaired) electrons. The Hall–Kier alpha value is -6.46. The normalized spacial score (nSPS) is 11.4. The Kier molecular flexibility index (Phi) is 6.39. The lowest BCUT2D eigenvalue weighted by Crippen LogP contribution is -2.00. The summed E-state index contributed by atoms with van der Waals surface area (Å²) in [7, 11) is 0. The number of hydrogen-bond donors (Lipinski definition) is 0. The molecule has 9 aromatic rings. The molecule has 220 valence electrons. The number of furan rings is 1. The second-order valence-electron chi connectivity index (χ2n) is 11.5. The maximum atomic E-state index is 6.56. The SMILES string of the molecule is c1ccc(-c2ccc(-c3nc(-c4ccccc4)nc(-c4ccc5nc(-c6ccccc6)c6c7ccccc7oc6c5c4)n3)cc2)cc1. The molecule has 0 aliphatic carbocycles. The van der Waals surface area contributed by atoms with E-state index >= 15 is 0 Å². The monoisotopic (exact) mass is 602 g/mol. The number of hydrogen-bond acceptors (Lipinski definition) is 5. The lowest BCUT2D eigenvalue weighted by atomic mass is 10.0. The van der Waals surface area contributed by atoms with Gasteiger partial charge in [0, 0.05) is 33.0 Å². The minimum Gasteiger partial charge on any atom is -0.455 e. The molecule has 5 heteroatoms. The smallest absolute Gasteiger partial charge is 0.164 e. The van der Waals surface area contributed by atoms with Crippen LogP contribution in [-0.2, 0) is 0 Å². The molecule has 0 aliphatic heterocycles. The van der Waals surface area contributed by atoms with E-state index in [1.807, 2.05) is 97.1 Å². The van der Waals surface area contributed by atoms with E-state index in [2.05, 4.69) is 60.7 Å². The van der Waals surface area contributed by atoms with Crippen molar-refractivity contribution >= 4 is 32.8 Å². The van der Waals surface area contributed by atoms with Crippen molar-refractivity contribution in [1.82, 2.24) is 19.9 Å². The molecular formula is C42H26N4O. The summed E-state index contributed by atoms with van der Waals surface area (Å²) in [6, 6.07) is 53.3. The molecule has 47 heavy (non-hydrogen) atoms. The number of benzene rings is 6. The van der Waals surface area contributed by atoms with E-state index in [-0.39, 0.29) is 0 Å². The Morgan fingerprint density at radius 3 is 1.53 bits per heavy atom. The summed E-state index contributed by atoms with van der Waals surface area (Å²) in [5.74, 6) is 1.81. The minimum absolute atomic E-state index is 0.583. The molecule has 0 fully saturated rings. The van der Waals surface area contributed by atoms with Crippen LogP contribution in [-0.4, -0.2) is 19.9 Å². The summed E-state index contributed by atoms with van der Waals surface area (Å²) in [5, 5.41) is 2.94. The first-order chi connectivity index (χ1) is 23.3. The van der Waals surface area contributed by atoms with E-state index in [9.17, 15) is 0 Å². The van der Waals surface area contributed by atoms with Crippen LogP contribution in [0.5, 0.6) is 0 Å². The van der Waals surface area contributed by atoms with Crippen LogP contribution in [0, 0.1) is 0 Å². The molecule has 0 atom stereocenters. The fraction of sp³-hybridized carbons (Fsp3) is 0. The number of pyridine rings is 1. The Balaban J connectivity index is 1.23. The van der Waals surface area contributed by atoms with Gasteiger partial charge in [-0.2, -0.15) is 0 Å². The Bertz CT molecular complexity index is 2540. The first-order valence-electron chi connectivity index (χ1n) is 15.6. The Morgan fingerprint density at radius 2 is 0.851 bits per heavy atom. The van der Waals surface area contributed by atoms with Gasteiger partial charge in [-0.15, -0.1) is 0 Å². The third kappa shape index (κ3) is 4.82. The van der Waals surface area contributed by atoms with Crippen LogP contribution < -0.4 is 0 Å². The number of para-hydroxylation sites is 1. The quantitative estimate of drug-likeness (QED) is 0.196. The van der Waals surface area contributed by atoms with Gasteiger partial charge in [0.2, 0.25) is 0 Å². The zero-order chi connectivity index (χ0) is 31.2. The number of aromatic nitrogens is 4. The molecule has 0 bridgehead atoms. The van der Waals surface area contributed by atoms with Gasteiger partial charge in [-0.3, -0.25) is 0 Å². The van der Waals surface area contributed by atoms with Crippen LogP contribution in [0.1, 0.15) is 0 Å². The molecule has 0 saturated heterocycles. The molecule has 0 saturated carbocycles. The molecule has 6 aromatic carbocycles. The van der Waals surface area contributed by atoms with Crippen LogP contribution in [0.15, 0.2) is 162 Å². The molecule has 0 unspecified atom stereocenters. The van der Waals surface area contributed by atoms with Gasteiger partial charge in [0.1, 0.15) is 11.2 Å². The molecule has 0 spiro atoms. The predicted molar refractivity (Wildman–Crippen MR) is 190 cm³/mol. The van der Waals surface area contributed by atoms with Gasteiger partial charge >= 0.3 is 0 Å². The van der Waals surface area contributed by atoms with Gasteiger partial charge in [-0.25, -0.2) is 19.9 Å². The lowest BCUT2D eigenvalue weighted by Gasteiger charge is -2.10. The third-order valence-corrected chi connectivity index (χ3v) is 8.53. The average molecular weight is 603 g/mol. The van der Waals surface area contributed by atoms with Crippen molar-refractivity contribution in [2.45, 2.75) is 0 Å². The van der Waals surface area contributed by atoms with Gasteiger partial charge in [0.15, 0.2) is 17.5 Å². The van der Waals surface area contributed by atoms with E-state index < -0.39 is 0 Å². The van der Waals surface area contributed by atoms with Gasteiger partial charge in [0.25, 0.3) is 0 Å². The predicted octanol–water partition coefficient (Wildman–Crippen LogP) is 10.7. The van der Waals surface area contributed by atoms with Crippen LogP contribution in [0.4, 0.5) is 0 Å². The third-order valence-electron chi connectivity index (χ3n) is 8.53. The van der Waals surface area contributed by atoms with E-state index in [1.54, 1.807) is 0 Å². The second-order valence-corrected chi connectivity index (χ2v) is 11.5. The zero-order valence-electron chi connectivity index (χ0n) is 25.2. The number of fused-ring (bicyclic) bond motifs is 5. The maximum absolute atomic E-state index is 6.56. The van der Waals surface area contributed by atoms with E-state index in [4.69, 9.17) is 24.4 Å². The van der Waals surface area contributed by atoms with Crippen molar-refractivity contribution in [2.24, 2.45) is 0 Å². The molecular weight excluding hydrogens is 576 g/mol. The minimum atomic E-state index is 0.583. The number of nitrogens with zero attached hydrogens (tertiary/aromatic N) is 4. The lowest BCUT2D eigenvalue weighted by molar-refractivity contribution is 0.672. The summed E-state index contributed by atoms with van der Waals surface area (Å²) >= 11 is 0. The first kappa shape index (κ1) is 26.9. The summed E-state index contributed by atoms with van der Waals surface area (Å²) in [6.45, 7) is 0. The summed E-state index contributed by atoms with van der Waals surface area (Å²) in [6.07, 6.45) is 0. The van der Waals surface area contributed by atoms with Crippen molar-refractivity contribution in [3.05, 3.63) is 158 Å². The average Bonchev–Trinajstić information content (AvgIpc) is 3.55. The van der Waals surface area contributed by atoms with Gasteiger partial charge < -0.3 is 4.42 Å². The largest absolute Gasteiger partial charge is 0.455 e. The molecule has 3 aromatic heterocycles. The molecule has 0 amide bonds. The highest BCUT2D eigenvalue weighted by atomic mass is 16.3. The fourth-order valence-electron chi connectivity index (χ4n) is 6.20. The first-order valence-corrected chi connectivity index (χ1v) is 15.6. The Labute approximate surface area is 270 Å². The highest BCUT2D eigenvalue weighted by Crippen LogP contribution is 2.40. The standard InChI is InChI=1S/C42H26N4O/c1-4-12-27(13-5-1)28-20-22-31(23-21-28)41-44-40(30-16-8-3-9-17-30)45-42(46-41)32-24-25-35-34(26-32)39-37(33-18-10-11-19-36(33)47-39)38(43-35)29-14-6-2-7-15-29/h1-26H. The van der Waals surface area contributed by atoms with Crippen LogP contribution in [0.2, 0.25) is 0 Å². The molecule has 9 rings (SSSR count). The van der Waals surface area contributed by atoms with Crippen molar-refractivity contribution < 1.29 is 4.42 Å². The van der Waals surface area contributed by atoms with E-state index in [0.29, 0.717) is 17.5 Å². The summed E-state index contributed by atoms with van der Waals surface area (Å²) in [5.41, 5.74) is 9.41. The van der Waals surface area contributed by atoms with Gasteiger partial charge in [0.05, 0.1) is 16.6 Å². The Morgan fingerprint density at radius 1 is 0.362 bits per heavy atom. The van der Waals surface area contributed by atoms with Gasteiger partial charge in [-0.05, 0) is 35.4 Å². The maximum Gasteiger partial charge on any atom is 0.164 e. The van der Waals surface area contributed by atoms with Crippen LogP contribution in [0.25, 0.3) is 89.4 Å². The fourth-order valence-corrected chi connectivity index (χ4v) is 6.20. The molecule has 0 aliphatic rings. The highest BCUT2D eigenvalue weighted by molar-refractivity contribution is 6.19. The molecule has 0 N–H and O–H groups in total. The number of rotatable bonds is 5. The van der Waals surface area contributed by atoms with Crippen molar-refractivity contribution in [2.75, 3.05) is 0 Å². The van der Waals surface area contributed by atoms with E-state index in [0.717, 1.165) is 71.9 Å². The summed E-state index contributed by atoms with van der Waals surface area (Å²) in [4.78, 5) is 20.1. The molecule has 5 nitrogen and oxygen atoms in total. The van der Waals surface area contributed by atoms with Crippen LogP contribution in [0.3, 0.4) is 0 Å². The topological polar surface area (TPSA) is 64.7 Å². The van der Waals surface area contributed by atoms with Gasteiger partial charge in [-0.1, -0.05) is 133 Å². The summed E-state index contributed by atoms with van der Waals surface area (Å²) < 4.78 is 6.56. The van der Waals surface area contributed by atoms with Crippen molar-refractivity contribution in [3.63, 3.8) is 0 Å². The molecule has 3 heterocycles. The highest BCUT2D eigenvalue weighted by Gasteiger charge is 2.19. The van der Waals surface area contributed by atoms with Crippen LogP contribution >= 0.6 is 0 Å². The van der Waals surface area contributed by atoms with E-state index in [1.165, 1.54) is 0 Å². The zero-order valence-corrected chi connectivity index (χ0v) is 25.2. The second kappa shape index (κ2) is 11.2. The van der Waals surface area contributed by atoms with Crippen molar-refractivity contribution in [3.8, 4) is 56.5 Å².